The van der Waals surface area contributed by atoms with Gasteiger partial charge in [-0.05, 0) is 113 Å². The van der Waals surface area contributed by atoms with Crippen LogP contribution < -0.4 is 5.32 Å². The number of carbonyl (C=O) groups excluding carboxylic acids is 3. The second-order valence-electron chi connectivity index (χ2n) is 13.0. The van der Waals surface area contributed by atoms with Crippen LogP contribution in [-0.2, 0) is 22.6 Å². The van der Waals surface area contributed by atoms with Crippen LogP contribution in [0.5, 0.6) is 5.75 Å². The summed E-state index contributed by atoms with van der Waals surface area (Å²) in [5, 5.41) is 13.2. The van der Waals surface area contributed by atoms with Crippen LogP contribution >= 0.6 is 31.9 Å². The van der Waals surface area contributed by atoms with Crippen molar-refractivity contribution < 1.29 is 24.2 Å². The number of nitrogens with zero attached hydrogens (tertiary/aromatic N) is 4. The molecule has 2 atom stereocenters. The predicted octanol–water partition coefficient (Wildman–Crippen LogP) is 6.34. The third-order valence-corrected chi connectivity index (χ3v) is 11.6. The van der Waals surface area contributed by atoms with E-state index in [0.717, 1.165) is 63.0 Å². The Labute approximate surface area is 287 Å². The summed E-state index contributed by atoms with van der Waals surface area (Å²) in [7, 11) is 0. The monoisotopic (exact) mass is 759 g/mol. The molecule has 3 fully saturated rings. The van der Waals surface area contributed by atoms with Crippen molar-refractivity contribution in [2.45, 2.75) is 82.1 Å². The van der Waals surface area contributed by atoms with E-state index < -0.39 is 11.8 Å². The zero-order chi connectivity index (χ0) is 32.3. The fourth-order valence-corrected chi connectivity index (χ4v) is 9.23. The van der Waals surface area contributed by atoms with E-state index in [-0.39, 0.29) is 30.9 Å². The SMILES string of the molecule is O=CC[C@@]1(N2CCC(N3CCCCC3)CC2)C[C@H](N2CCc3ccccc3NC2=O)CCN1C(=O)OCc1cc(Br)c(O)c(Br)c1. The zero-order valence-electron chi connectivity index (χ0n) is 26.1. The van der Waals surface area contributed by atoms with Crippen LogP contribution in [0.4, 0.5) is 15.3 Å². The van der Waals surface area contributed by atoms with Crippen LogP contribution in [0.1, 0.15) is 62.5 Å². The number of amides is 3. The van der Waals surface area contributed by atoms with Gasteiger partial charge in [-0.25, -0.2) is 9.59 Å². The highest BCUT2D eigenvalue weighted by Gasteiger charge is 2.52. The van der Waals surface area contributed by atoms with Gasteiger partial charge in [-0.15, -0.1) is 0 Å². The number of nitrogens with one attached hydrogen (secondary N) is 1. The van der Waals surface area contributed by atoms with Crippen molar-refractivity contribution in [3.63, 3.8) is 0 Å². The van der Waals surface area contributed by atoms with Gasteiger partial charge >= 0.3 is 12.1 Å². The molecule has 3 amide bonds. The van der Waals surface area contributed by atoms with Gasteiger partial charge in [-0.1, -0.05) is 24.6 Å². The zero-order valence-corrected chi connectivity index (χ0v) is 29.3. The van der Waals surface area contributed by atoms with Crippen LogP contribution in [0.3, 0.4) is 0 Å². The Hall–Kier alpha value is -2.67. The maximum absolute atomic E-state index is 14.0. The van der Waals surface area contributed by atoms with Crippen molar-refractivity contribution in [1.29, 1.82) is 0 Å². The lowest BCUT2D eigenvalue weighted by molar-refractivity contribution is -0.128. The minimum atomic E-state index is -0.913. The molecule has 4 aliphatic heterocycles. The van der Waals surface area contributed by atoms with E-state index in [1.807, 2.05) is 29.2 Å². The maximum atomic E-state index is 14.0. The Morgan fingerprint density at radius 3 is 2.39 bits per heavy atom. The number of rotatable bonds is 7. The maximum Gasteiger partial charge on any atom is 0.411 e. The lowest BCUT2D eigenvalue weighted by Gasteiger charge is -2.57. The van der Waals surface area contributed by atoms with Gasteiger partial charge < -0.3 is 29.8 Å². The summed E-state index contributed by atoms with van der Waals surface area (Å²) < 4.78 is 6.91. The first-order valence-electron chi connectivity index (χ1n) is 16.5. The molecule has 4 heterocycles. The molecule has 12 heteroatoms. The number of carbonyl (C=O) groups is 3. The van der Waals surface area contributed by atoms with Gasteiger partial charge in [-0.3, -0.25) is 9.80 Å². The van der Waals surface area contributed by atoms with Gasteiger partial charge in [0, 0.05) is 56.8 Å². The minimum absolute atomic E-state index is 0.0111. The van der Waals surface area contributed by atoms with E-state index in [1.54, 1.807) is 17.0 Å². The normalized spacial score (nSPS) is 25.0. The predicted molar refractivity (Wildman–Crippen MR) is 183 cm³/mol. The van der Waals surface area contributed by atoms with E-state index in [0.29, 0.717) is 46.5 Å². The van der Waals surface area contributed by atoms with E-state index in [9.17, 15) is 19.5 Å². The van der Waals surface area contributed by atoms with Crippen molar-refractivity contribution in [3.05, 3.63) is 56.5 Å². The Morgan fingerprint density at radius 1 is 0.978 bits per heavy atom. The molecule has 0 unspecified atom stereocenters. The first-order valence-corrected chi connectivity index (χ1v) is 18.1. The Morgan fingerprint density at radius 2 is 1.67 bits per heavy atom. The molecule has 2 aromatic rings. The van der Waals surface area contributed by atoms with Gasteiger partial charge in [0.2, 0.25) is 0 Å². The molecule has 3 saturated heterocycles. The number of ether oxygens (including phenoxy) is 1. The Kier molecular flexibility index (Phi) is 10.6. The summed E-state index contributed by atoms with van der Waals surface area (Å²) in [6.45, 7) is 4.75. The van der Waals surface area contributed by atoms with E-state index >= 15 is 0 Å². The van der Waals surface area contributed by atoms with Crippen LogP contribution in [0.15, 0.2) is 45.3 Å². The molecular weight excluding hydrogens is 718 g/mol. The van der Waals surface area contributed by atoms with Crippen molar-refractivity contribution in [3.8, 4) is 5.75 Å². The standard InChI is InChI=1S/C34H43Br2N5O5/c35-28-20-24(21-29(36)31(28)43)23-46-33(45)41-18-11-27(40-17-8-25-6-2-3-7-30(25)37-32(40)44)22-34(41,12-19-42)39-15-9-26(10-16-39)38-13-4-1-5-14-38/h2-3,6-7,19-21,26-27,43H,1,4-5,8-18,22-23H2,(H,37,44)/t27-,34+/m1/s1. The molecule has 0 bridgehead atoms. The number of phenols is 1. The summed E-state index contributed by atoms with van der Waals surface area (Å²) in [6, 6.07) is 11.6. The highest BCUT2D eigenvalue weighted by Crippen LogP contribution is 2.40. The quantitative estimate of drug-likeness (QED) is 0.318. The number of phenolic OH excluding ortho intramolecular Hbond substituents is 1. The number of hydrogen-bond acceptors (Lipinski definition) is 7. The average molecular weight is 762 g/mol. The second kappa shape index (κ2) is 14.6. The molecule has 10 nitrogen and oxygen atoms in total. The number of para-hydroxylation sites is 1. The molecule has 0 aromatic heterocycles. The number of piperidine rings is 3. The smallest absolute Gasteiger partial charge is 0.411 e. The lowest BCUT2D eigenvalue weighted by Crippen LogP contribution is -2.70. The first kappa shape index (κ1) is 33.2. The fraction of sp³-hybridized carbons (Fsp3) is 0.559. The molecule has 4 aliphatic rings. The number of fused-ring (bicyclic) bond motifs is 1. The van der Waals surface area contributed by atoms with Gasteiger partial charge in [0.25, 0.3) is 0 Å². The Balaban J connectivity index is 1.24. The lowest BCUT2D eigenvalue weighted by atomic mass is 9.84. The van der Waals surface area contributed by atoms with Crippen molar-refractivity contribution in [2.24, 2.45) is 0 Å². The molecule has 46 heavy (non-hydrogen) atoms. The fourth-order valence-electron chi connectivity index (χ4n) is 7.95. The molecule has 0 saturated carbocycles. The topological polar surface area (TPSA) is 106 Å². The molecule has 248 valence electrons. The number of hydrogen-bond donors (Lipinski definition) is 2. The summed E-state index contributed by atoms with van der Waals surface area (Å²) in [6.07, 6.45) is 8.10. The number of aldehydes is 1. The number of urea groups is 1. The van der Waals surface area contributed by atoms with Gasteiger partial charge in [0.05, 0.1) is 8.95 Å². The van der Waals surface area contributed by atoms with Gasteiger partial charge in [0.15, 0.2) is 0 Å². The second-order valence-corrected chi connectivity index (χ2v) is 14.7. The van der Waals surface area contributed by atoms with Gasteiger partial charge in [0.1, 0.15) is 24.3 Å². The van der Waals surface area contributed by atoms with Crippen LogP contribution in [0, 0.1) is 0 Å². The number of halogens is 2. The third kappa shape index (κ3) is 6.95. The third-order valence-electron chi connectivity index (χ3n) is 10.4. The first-order chi connectivity index (χ1) is 22.3. The largest absolute Gasteiger partial charge is 0.506 e. The molecule has 0 radical (unpaired) electrons. The number of likely N-dealkylation sites (tertiary alicyclic amines) is 3. The molecular formula is C34H43Br2N5O5. The summed E-state index contributed by atoms with van der Waals surface area (Å²) >= 11 is 6.70. The highest BCUT2D eigenvalue weighted by molar-refractivity contribution is 9.11. The molecule has 0 aliphatic carbocycles. The molecule has 0 spiro atoms. The van der Waals surface area contributed by atoms with Gasteiger partial charge in [-0.2, -0.15) is 0 Å². The number of aromatic hydroxyl groups is 1. The Bertz CT molecular complexity index is 1410. The summed E-state index contributed by atoms with van der Waals surface area (Å²) in [5.74, 6) is 0.0794. The highest BCUT2D eigenvalue weighted by atomic mass is 79.9. The van der Waals surface area contributed by atoms with E-state index in [4.69, 9.17) is 4.74 Å². The molecule has 2 N–H and O–H groups in total. The summed E-state index contributed by atoms with van der Waals surface area (Å²) in [4.78, 5) is 48.7. The molecule has 6 rings (SSSR count). The number of anilines is 1. The van der Waals surface area contributed by atoms with Crippen molar-refractivity contribution in [1.82, 2.24) is 19.6 Å². The average Bonchev–Trinajstić information content (AvgIpc) is 3.24. The van der Waals surface area contributed by atoms with Crippen LogP contribution in [0.2, 0.25) is 0 Å². The minimum Gasteiger partial charge on any atom is -0.506 e. The van der Waals surface area contributed by atoms with Crippen LogP contribution in [0.25, 0.3) is 0 Å². The summed E-state index contributed by atoms with van der Waals surface area (Å²) in [5.41, 5.74) is 1.74. The number of benzene rings is 2. The van der Waals surface area contributed by atoms with Crippen molar-refractivity contribution in [2.75, 3.05) is 44.6 Å². The van der Waals surface area contributed by atoms with E-state index in [1.165, 1.54) is 19.3 Å². The van der Waals surface area contributed by atoms with Crippen molar-refractivity contribution >= 4 is 56.0 Å². The molecule has 2 aromatic carbocycles. The van der Waals surface area contributed by atoms with E-state index in [2.05, 4.69) is 47.0 Å². The van der Waals surface area contributed by atoms with Crippen LogP contribution in [-0.4, -0.2) is 100 Å².